The fourth-order valence-corrected chi connectivity index (χ4v) is 3.79. The van der Waals surface area contributed by atoms with E-state index in [1.807, 2.05) is 6.07 Å². The molecule has 0 radical (unpaired) electrons. The first-order chi connectivity index (χ1) is 15.3. The fourth-order valence-electron chi connectivity index (χ4n) is 2.79. The standard InChI is InChI=1S/C21H12N4O6S/c22-13-15(14-6-8-16(9-7-14)23(26)27)10-19-20(25(30)31)11-17(24(28)29)12-21(19)32-18-4-2-1-3-5-18/h1-12H/b15-10+. The molecule has 3 aromatic rings. The van der Waals surface area contributed by atoms with E-state index in [1.165, 1.54) is 36.4 Å². The summed E-state index contributed by atoms with van der Waals surface area (Å²) < 4.78 is 0. The normalized spacial score (nSPS) is 10.9. The van der Waals surface area contributed by atoms with Crippen LogP contribution >= 0.6 is 11.8 Å². The Morgan fingerprint density at radius 3 is 2.00 bits per heavy atom. The van der Waals surface area contributed by atoms with E-state index in [1.54, 1.807) is 30.3 Å². The molecule has 0 N–H and O–H groups in total. The lowest BCUT2D eigenvalue weighted by Crippen LogP contribution is -1.98. The van der Waals surface area contributed by atoms with Crippen LogP contribution in [0.25, 0.3) is 11.6 Å². The second kappa shape index (κ2) is 9.50. The summed E-state index contributed by atoms with van der Waals surface area (Å²) in [5.41, 5.74) is -0.835. The van der Waals surface area contributed by atoms with Crippen LogP contribution in [0.1, 0.15) is 11.1 Å². The van der Waals surface area contributed by atoms with Gasteiger partial charge < -0.3 is 0 Å². The predicted octanol–water partition coefficient (Wildman–Crippen LogP) is 5.63. The van der Waals surface area contributed by atoms with Crippen LogP contribution in [-0.4, -0.2) is 14.8 Å². The highest BCUT2D eigenvalue weighted by Crippen LogP contribution is 2.40. The lowest BCUT2D eigenvalue weighted by molar-refractivity contribution is -0.394. The van der Waals surface area contributed by atoms with Crippen LogP contribution in [0.2, 0.25) is 0 Å². The van der Waals surface area contributed by atoms with Crippen molar-refractivity contribution in [1.29, 1.82) is 5.26 Å². The summed E-state index contributed by atoms with van der Waals surface area (Å²) in [6.07, 6.45) is 1.26. The third-order valence-electron chi connectivity index (χ3n) is 4.28. The van der Waals surface area contributed by atoms with Crippen molar-refractivity contribution in [3.8, 4) is 6.07 Å². The number of rotatable bonds is 7. The van der Waals surface area contributed by atoms with Crippen LogP contribution in [0, 0.1) is 41.7 Å². The SMILES string of the molecule is N#C/C(=C\c1c(Sc2ccccc2)cc([N+](=O)[O-])cc1[N+](=O)[O-])c1ccc([N+](=O)[O-])cc1. The average Bonchev–Trinajstić information content (AvgIpc) is 2.78. The van der Waals surface area contributed by atoms with Crippen molar-refractivity contribution in [2.75, 3.05) is 0 Å². The highest BCUT2D eigenvalue weighted by molar-refractivity contribution is 7.99. The molecule has 0 aromatic heterocycles. The number of benzene rings is 3. The third-order valence-corrected chi connectivity index (χ3v) is 5.35. The molecule has 0 fully saturated rings. The van der Waals surface area contributed by atoms with Crippen LogP contribution in [0.5, 0.6) is 0 Å². The number of nitrogens with zero attached hydrogens (tertiary/aromatic N) is 4. The molecule has 0 unspecified atom stereocenters. The summed E-state index contributed by atoms with van der Waals surface area (Å²) >= 11 is 1.08. The van der Waals surface area contributed by atoms with Crippen LogP contribution in [-0.2, 0) is 0 Å². The van der Waals surface area contributed by atoms with Gasteiger partial charge in [0, 0.05) is 28.0 Å². The molecule has 0 amide bonds. The van der Waals surface area contributed by atoms with E-state index >= 15 is 0 Å². The van der Waals surface area contributed by atoms with Gasteiger partial charge in [-0.3, -0.25) is 30.3 Å². The Balaban J connectivity index is 2.21. The van der Waals surface area contributed by atoms with Crippen molar-refractivity contribution >= 4 is 40.5 Å². The van der Waals surface area contributed by atoms with Crippen molar-refractivity contribution in [2.45, 2.75) is 9.79 Å². The maximum absolute atomic E-state index is 11.7. The first kappa shape index (κ1) is 22.1. The topological polar surface area (TPSA) is 153 Å². The minimum atomic E-state index is -0.751. The van der Waals surface area contributed by atoms with E-state index < -0.39 is 26.1 Å². The summed E-state index contributed by atoms with van der Waals surface area (Å²) in [6, 6.07) is 17.9. The minimum Gasteiger partial charge on any atom is -0.258 e. The molecule has 0 aliphatic carbocycles. The highest BCUT2D eigenvalue weighted by Gasteiger charge is 2.24. The molecule has 0 aliphatic heterocycles. The van der Waals surface area contributed by atoms with E-state index in [0.717, 1.165) is 17.8 Å². The predicted molar refractivity (Wildman–Crippen MR) is 117 cm³/mol. The largest absolute Gasteiger partial charge is 0.284 e. The second-order valence-corrected chi connectivity index (χ2v) is 7.40. The van der Waals surface area contributed by atoms with Crippen LogP contribution in [0.4, 0.5) is 17.1 Å². The van der Waals surface area contributed by atoms with Crippen LogP contribution in [0.15, 0.2) is 76.5 Å². The summed E-state index contributed by atoms with van der Waals surface area (Å²) in [6.45, 7) is 0. The summed E-state index contributed by atoms with van der Waals surface area (Å²) in [5.74, 6) is 0. The number of non-ortho nitro benzene ring substituents is 2. The first-order valence-corrected chi connectivity index (χ1v) is 9.68. The van der Waals surface area contributed by atoms with Gasteiger partial charge >= 0.3 is 0 Å². The molecule has 158 valence electrons. The molecule has 0 spiro atoms. The first-order valence-electron chi connectivity index (χ1n) is 8.86. The maximum atomic E-state index is 11.7. The van der Waals surface area contributed by atoms with Gasteiger partial charge in [0.05, 0.1) is 38.0 Å². The van der Waals surface area contributed by atoms with E-state index in [4.69, 9.17) is 0 Å². The number of nitro benzene ring substituents is 3. The van der Waals surface area contributed by atoms with Crippen molar-refractivity contribution in [2.24, 2.45) is 0 Å². The monoisotopic (exact) mass is 448 g/mol. The van der Waals surface area contributed by atoms with Crippen LogP contribution in [0.3, 0.4) is 0 Å². The maximum Gasteiger partial charge on any atom is 0.284 e. The van der Waals surface area contributed by atoms with Crippen molar-refractivity contribution in [1.82, 2.24) is 0 Å². The Morgan fingerprint density at radius 2 is 1.47 bits per heavy atom. The molecule has 0 saturated heterocycles. The number of hydrogen-bond acceptors (Lipinski definition) is 8. The van der Waals surface area contributed by atoms with Gasteiger partial charge in [0.1, 0.15) is 0 Å². The van der Waals surface area contributed by atoms with Crippen molar-refractivity contribution in [3.05, 3.63) is 108 Å². The lowest BCUT2D eigenvalue weighted by Gasteiger charge is -2.08. The van der Waals surface area contributed by atoms with E-state index in [2.05, 4.69) is 0 Å². The number of hydrogen-bond donors (Lipinski definition) is 0. The van der Waals surface area contributed by atoms with Gasteiger partial charge in [0.25, 0.3) is 17.1 Å². The van der Waals surface area contributed by atoms with Gasteiger partial charge in [-0.1, -0.05) is 30.0 Å². The van der Waals surface area contributed by atoms with Gasteiger partial charge in [0.15, 0.2) is 0 Å². The molecule has 0 saturated carbocycles. The molecule has 10 nitrogen and oxygen atoms in total. The molecule has 0 heterocycles. The van der Waals surface area contributed by atoms with Gasteiger partial charge in [-0.15, -0.1) is 0 Å². The zero-order valence-electron chi connectivity index (χ0n) is 16.1. The van der Waals surface area contributed by atoms with Crippen molar-refractivity contribution in [3.63, 3.8) is 0 Å². The fraction of sp³-hybridized carbons (Fsp3) is 0. The molecule has 0 atom stereocenters. The highest BCUT2D eigenvalue weighted by atomic mass is 32.2. The Morgan fingerprint density at radius 1 is 0.844 bits per heavy atom. The number of nitriles is 1. The van der Waals surface area contributed by atoms with Gasteiger partial charge in [-0.2, -0.15) is 5.26 Å². The van der Waals surface area contributed by atoms with Gasteiger partial charge in [-0.25, -0.2) is 0 Å². The third kappa shape index (κ3) is 4.94. The molecule has 3 aromatic carbocycles. The molecule has 11 heteroatoms. The number of nitro groups is 3. The zero-order chi connectivity index (χ0) is 23.3. The molecular weight excluding hydrogens is 436 g/mol. The quantitative estimate of drug-likeness (QED) is 0.195. The summed E-state index contributed by atoms with van der Waals surface area (Å²) in [7, 11) is 0. The average molecular weight is 448 g/mol. The van der Waals surface area contributed by atoms with Crippen molar-refractivity contribution < 1.29 is 14.8 Å². The molecule has 3 rings (SSSR count). The Labute approximate surface area is 184 Å². The molecule has 0 bridgehead atoms. The van der Waals surface area contributed by atoms with Gasteiger partial charge in [0.2, 0.25) is 0 Å². The summed E-state index contributed by atoms with van der Waals surface area (Å²) in [4.78, 5) is 32.7. The summed E-state index contributed by atoms with van der Waals surface area (Å²) in [5, 5.41) is 43.5. The Bertz CT molecular complexity index is 1280. The molecule has 0 aliphatic rings. The smallest absolute Gasteiger partial charge is 0.258 e. The minimum absolute atomic E-state index is 0.00626. The lowest BCUT2D eigenvalue weighted by atomic mass is 10.0. The van der Waals surface area contributed by atoms with Crippen LogP contribution < -0.4 is 0 Å². The molecular formula is C21H12N4O6S. The zero-order valence-corrected chi connectivity index (χ0v) is 16.9. The second-order valence-electron chi connectivity index (χ2n) is 6.28. The van der Waals surface area contributed by atoms with E-state index in [-0.39, 0.29) is 21.7 Å². The van der Waals surface area contributed by atoms with E-state index in [9.17, 15) is 35.6 Å². The molecule has 32 heavy (non-hydrogen) atoms. The number of allylic oxidation sites excluding steroid dienone is 1. The Kier molecular flexibility index (Phi) is 6.57. The Hall–Kier alpha value is -4.56. The van der Waals surface area contributed by atoms with Gasteiger partial charge in [-0.05, 0) is 35.9 Å². The van der Waals surface area contributed by atoms with E-state index in [0.29, 0.717) is 10.5 Å².